The van der Waals surface area contributed by atoms with Crippen molar-refractivity contribution >= 4 is 35.6 Å². The Hall–Kier alpha value is -3.46. The third-order valence-corrected chi connectivity index (χ3v) is 4.28. The van der Waals surface area contributed by atoms with Gasteiger partial charge in [0.05, 0.1) is 35.7 Å². The number of nitrogens with zero attached hydrogens (tertiary/aromatic N) is 2. The van der Waals surface area contributed by atoms with Gasteiger partial charge in [-0.3, -0.25) is 4.79 Å². The maximum atomic E-state index is 12.9. The van der Waals surface area contributed by atoms with Crippen LogP contribution in [-0.2, 0) is 15.5 Å². The number of halogens is 1. The summed E-state index contributed by atoms with van der Waals surface area (Å²) in [7, 11) is 0. The standard InChI is InChI=1S/C20H17FN4O3S/c21-16-8-6-14(7-9-16)10-22-20-23-11-17(12-24-20)25-18(26)13-29-28-19(27)15-4-2-1-3-5-15/h1-9,11-12H,10,13H2,(H,25,26)(H,22,23,24). The van der Waals surface area contributed by atoms with Crippen molar-refractivity contribution in [2.75, 3.05) is 16.4 Å². The van der Waals surface area contributed by atoms with Crippen molar-refractivity contribution in [2.24, 2.45) is 0 Å². The zero-order valence-electron chi connectivity index (χ0n) is 15.2. The first kappa shape index (κ1) is 20.3. The van der Waals surface area contributed by atoms with E-state index in [2.05, 4.69) is 20.6 Å². The molecule has 0 spiro atoms. The van der Waals surface area contributed by atoms with E-state index in [-0.39, 0.29) is 17.5 Å². The number of nitrogens with one attached hydrogen (secondary N) is 2. The van der Waals surface area contributed by atoms with E-state index in [1.165, 1.54) is 24.5 Å². The molecule has 0 atom stereocenters. The van der Waals surface area contributed by atoms with Gasteiger partial charge in [-0.1, -0.05) is 30.3 Å². The third-order valence-electron chi connectivity index (χ3n) is 3.63. The Morgan fingerprint density at radius 1 is 1.00 bits per heavy atom. The molecule has 0 fully saturated rings. The van der Waals surface area contributed by atoms with Crippen LogP contribution in [0.15, 0.2) is 67.0 Å². The monoisotopic (exact) mass is 412 g/mol. The molecular formula is C20H17FN4O3S. The Labute approximate surface area is 170 Å². The Bertz CT molecular complexity index is 954. The fourth-order valence-electron chi connectivity index (χ4n) is 2.22. The Morgan fingerprint density at radius 3 is 2.38 bits per heavy atom. The van der Waals surface area contributed by atoms with Crippen LogP contribution in [-0.4, -0.2) is 27.6 Å². The second-order valence-corrected chi connectivity index (χ2v) is 6.51. The number of amides is 1. The van der Waals surface area contributed by atoms with Crippen molar-refractivity contribution in [1.29, 1.82) is 0 Å². The highest BCUT2D eigenvalue weighted by Gasteiger charge is 2.10. The predicted octanol–water partition coefficient (Wildman–Crippen LogP) is 3.67. The van der Waals surface area contributed by atoms with E-state index in [0.29, 0.717) is 23.7 Å². The lowest BCUT2D eigenvalue weighted by molar-refractivity contribution is -0.113. The first-order valence-corrected chi connectivity index (χ1v) is 9.50. The molecule has 2 N–H and O–H groups in total. The van der Waals surface area contributed by atoms with E-state index < -0.39 is 5.97 Å². The van der Waals surface area contributed by atoms with Gasteiger partial charge in [-0.15, -0.1) is 0 Å². The highest BCUT2D eigenvalue weighted by atomic mass is 32.2. The minimum atomic E-state index is -0.511. The number of aromatic nitrogens is 2. The van der Waals surface area contributed by atoms with Gasteiger partial charge in [0.15, 0.2) is 0 Å². The van der Waals surface area contributed by atoms with Gasteiger partial charge in [0.1, 0.15) is 11.6 Å². The molecule has 148 valence electrons. The number of hydrogen-bond donors (Lipinski definition) is 2. The molecule has 0 saturated heterocycles. The highest BCUT2D eigenvalue weighted by molar-refractivity contribution is 7.95. The molecule has 2 aromatic carbocycles. The lowest BCUT2D eigenvalue weighted by Gasteiger charge is -2.07. The van der Waals surface area contributed by atoms with Crippen molar-refractivity contribution in [3.8, 4) is 0 Å². The molecule has 3 rings (SSSR count). The summed E-state index contributed by atoms with van der Waals surface area (Å²) in [5.41, 5.74) is 1.71. The molecule has 0 radical (unpaired) electrons. The van der Waals surface area contributed by atoms with E-state index in [1.807, 2.05) is 0 Å². The first-order valence-electron chi connectivity index (χ1n) is 8.59. The average Bonchev–Trinajstić information content (AvgIpc) is 2.75. The predicted molar refractivity (Wildman–Crippen MR) is 109 cm³/mol. The van der Waals surface area contributed by atoms with Crippen LogP contribution >= 0.6 is 12.0 Å². The SMILES string of the molecule is O=C(CSOC(=O)c1ccccc1)Nc1cnc(NCc2ccc(F)cc2)nc1. The summed E-state index contributed by atoms with van der Waals surface area (Å²) in [4.78, 5) is 31.9. The van der Waals surface area contributed by atoms with Gasteiger partial charge in [0.25, 0.3) is 0 Å². The summed E-state index contributed by atoms with van der Waals surface area (Å²) < 4.78 is 17.9. The number of hydrogen-bond acceptors (Lipinski definition) is 7. The van der Waals surface area contributed by atoms with Crippen molar-refractivity contribution in [2.45, 2.75) is 6.54 Å². The Morgan fingerprint density at radius 2 is 1.69 bits per heavy atom. The molecule has 0 bridgehead atoms. The Kier molecular flexibility index (Phi) is 7.12. The van der Waals surface area contributed by atoms with Gasteiger partial charge < -0.3 is 14.8 Å². The van der Waals surface area contributed by atoms with Crippen LogP contribution in [0.2, 0.25) is 0 Å². The summed E-state index contributed by atoms with van der Waals surface area (Å²) in [5, 5.41) is 5.62. The van der Waals surface area contributed by atoms with Crippen LogP contribution in [0.3, 0.4) is 0 Å². The van der Waals surface area contributed by atoms with E-state index in [0.717, 1.165) is 17.6 Å². The Balaban J connectivity index is 1.40. The van der Waals surface area contributed by atoms with E-state index in [9.17, 15) is 14.0 Å². The smallest absolute Gasteiger partial charge is 0.350 e. The van der Waals surface area contributed by atoms with Crippen molar-refractivity contribution in [1.82, 2.24) is 9.97 Å². The van der Waals surface area contributed by atoms with E-state index in [4.69, 9.17) is 4.18 Å². The molecule has 1 amide bonds. The summed E-state index contributed by atoms with van der Waals surface area (Å²) in [6.45, 7) is 0.440. The first-order chi connectivity index (χ1) is 14.1. The van der Waals surface area contributed by atoms with Crippen molar-refractivity contribution < 1.29 is 18.2 Å². The van der Waals surface area contributed by atoms with E-state index in [1.54, 1.807) is 42.5 Å². The molecule has 9 heteroatoms. The molecular weight excluding hydrogens is 395 g/mol. The number of anilines is 2. The van der Waals surface area contributed by atoms with Gasteiger partial charge in [-0.05, 0) is 29.8 Å². The number of rotatable bonds is 8. The lowest BCUT2D eigenvalue weighted by atomic mass is 10.2. The fraction of sp³-hybridized carbons (Fsp3) is 0.100. The summed E-state index contributed by atoms with van der Waals surface area (Å²) in [6, 6.07) is 14.6. The average molecular weight is 412 g/mol. The van der Waals surface area contributed by atoms with Gasteiger partial charge >= 0.3 is 5.97 Å². The van der Waals surface area contributed by atoms with E-state index >= 15 is 0 Å². The zero-order chi connectivity index (χ0) is 20.5. The second-order valence-electron chi connectivity index (χ2n) is 5.82. The van der Waals surface area contributed by atoms with Crippen molar-refractivity contribution in [3.05, 3.63) is 83.9 Å². The molecule has 1 heterocycles. The van der Waals surface area contributed by atoms with Crippen LogP contribution in [0, 0.1) is 5.82 Å². The van der Waals surface area contributed by atoms with Crippen LogP contribution < -0.4 is 10.6 Å². The van der Waals surface area contributed by atoms with Crippen LogP contribution in [0.1, 0.15) is 15.9 Å². The minimum Gasteiger partial charge on any atom is -0.387 e. The molecule has 1 aromatic heterocycles. The number of carbonyl (C=O) groups is 2. The second kappa shape index (κ2) is 10.2. The molecule has 0 unspecified atom stereocenters. The summed E-state index contributed by atoms with van der Waals surface area (Å²) >= 11 is 0.752. The van der Waals surface area contributed by atoms with Gasteiger partial charge in [-0.2, -0.15) is 0 Å². The quantitative estimate of drug-likeness (QED) is 0.545. The molecule has 29 heavy (non-hydrogen) atoms. The van der Waals surface area contributed by atoms with Crippen molar-refractivity contribution in [3.63, 3.8) is 0 Å². The maximum absolute atomic E-state index is 12.9. The zero-order valence-corrected chi connectivity index (χ0v) is 16.0. The van der Waals surface area contributed by atoms with Crippen LogP contribution in [0.25, 0.3) is 0 Å². The van der Waals surface area contributed by atoms with Crippen LogP contribution in [0.5, 0.6) is 0 Å². The molecule has 7 nitrogen and oxygen atoms in total. The molecule has 3 aromatic rings. The minimum absolute atomic E-state index is 0.0663. The molecule has 0 aliphatic heterocycles. The molecule has 0 saturated carbocycles. The largest absolute Gasteiger partial charge is 0.387 e. The highest BCUT2D eigenvalue weighted by Crippen LogP contribution is 2.12. The third kappa shape index (κ3) is 6.58. The maximum Gasteiger partial charge on any atom is 0.350 e. The molecule has 0 aliphatic carbocycles. The summed E-state index contributed by atoms with van der Waals surface area (Å²) in [6.07, 6.45) is 2.91. The normalized spacial score (nSPS) is 10.2. The van der Waals surface area contributed by atoms with Gasteiger partial charge in [-0.25, -0.2) is 19.2 Å². The van der Waals surface area contributed by atoms with Crippen LogP contribution in [0.4, 0.5) is 16.0 Å². The number of carbonyl (C=O) groups excluding carboxylic acids is 2. The number of benzene rings is 2. The fourth-order valence-corrected chi connectivity index (χ4v) is 2.66. The van der Waals surface area contributed by atoms with Gasteiger partial charge in [0, 0.05) is 6.54 Å². The topological polar surface area (TPSA) is 93.2 Å². The summed E-state index contributed by atoms with van der Waals surface area (Å²) in [5.74, 6) is -0.852. The molecule has 0 aliphatic rings. The lowest BCUT2D eigenvalue weighted by Crippen LogP contribution is -2.15. The van der Waals surface area contributed by atoms with Gasteiger partial charge in [0.2, 0.25) is 11.9 Å².